The number of piperidine rings is 1. The van der Waals surface area contributed by atoms with Gasteiger partial charge in [0.2, 0.25) is 10.0 Å². The van der Waals surface area contributed by atoms with E-state index in [-0.39, 0.29) is 5.75 Å². The molecule has 1 aliphatic carbocycles. The molecular weight excluding hydrogens is 310 g/mol. The maximum Gasteiger partial charge on any atom is 0.211 e. The fraction of sp³-hybridized carbons (Fsp3) is 0.529. The van der Waals surface area contributed by atoms with Gasteiger partial charge in [0.15, 0.2) is 0 Å². The monoisotopic (exact) mass is 334 g/mol. The zero-order valence-corrected chi connectivity index (χ0v) is 14.6. The summed E-state index contributed by atoms with van der Waals surface area (Å²) in [6.45, 7) is 2.24. The van der Waals surface area contributed by atoms with Crippen molar-refractivity contribution >= 4 is 16.2 Å². The van der Waals surface area contributed by atoms with Gasteiger partial charge in [-0.2, -0.15) is 0 Å². The summed E-state index contributed by atoms with van der Waals surface area (Å²) in [7, 11) is 0.455. The molecule has 0 saturated carbocycles. The second kappa shape index (κ2) is 6.71. The first-order chi connectivity index (χ1) is 11.0. The highest BCUT2D eigenvalue weighted by Gasteiger charge is 2.28. The van der Waals surface area contributed by atoms with Crippen LogP contribution in [0.4, 0.5) is 0 Å². The topological polar surface area (TPSA) is 61.8 Å². The van der Waals surface area contributed by atoms with Gasteiger partial charge in [0, 0.05) is 12.6 Å². The maximum absolute atomic E-state index is 11.6. The van der Waals surface area contributed by atoms with Crippen LogP contribution in [0.3, 0.4) is 0 Å². The molecule has 3 aliphatic rings. The lowest BCUT2D eigenvalue weighted by atomic mass is 9.84. The summed E-state index contributed by atoms with van der Waals surface area (Å²) < 4.78 is 25.6. The lowest BCUT2D eigenvalue weighted by Crippen LogP contribution is -2.31. The third-order valence-corrected chi connectivity index (χ3v) is 6.21. The van der Waals surface area contributed by atoms with Gasteiger partial charge in [-0.15, -0.1) is 0 Å². The number of sulfonamides is 1. The second-order valence-corrected chi connectivity index (χ2v) is 8.46. The van der Waals surface area contributed by atoms with E-state index in [1.165, 1.54) is 18.2 Å². The van der Waals surface area contributed by atoms with Gasteiger partial charge < -0.3 is 4.90 Å². The summed E-state index contributed by atoms with van der Waals surface area (Å²) in [6.07, 6.45) is 11.0. The van der Waals surface area contributed by atoms with Crippen molar-refractivity contribution in [1.29, 1.82) is 0 Å². The number of nitrogens with one attached hydrogen (secondary N) is 1. The molecule has 0 aromatic carbocycles. The fourth-order valence-electron chi connectivity index (χ4n) is 3.29. The van der Waals surface area contributed by atoms with Crippen molar-refractivity contribution in [3.05, 3.63) is 41.0 Å². The Morgan fingerprint density at radius 2 is 2.04 bits per heavy atom. The van der Waals surface area contributed by atoms with Crippen LogP contribution in [0.1, 0.15) is 19.3 Å². The van der Waals surface area contributed by atoms with Gasteiger partial charge in [0.05, 0.1) is 11.4 Å². The number of nitrogens with zero attached hydrogens (tertiary/aromatic N) is 2. The van der Waals surface area contributed by atoms with Gasteiger partial charge in [-0.3, -0.25) is 4.99 Å². The van der Waals surface area contributed by atoms with Gasteiger partial charge in [-0.05, 0) is 69.6 Å². The van der Waals surface area contributed by atoms with Crippen molar-refractivity contribution in [3.63, 3.8) is 0 Å². The predicted octanol–water partition coefficient (Wildman–Crippen LogP) is 1.68. The lowest BCUT2D eigenvalue weighted by Gasteiger charge is -2.30. The highest BCUT2D eigenvalue weighted by Crippen LogP contribution is 2.37. The van der Waals surface area contributed by atoms with Crippen LogP contribution >= 0.6 is 0 Å². The Morgan fingerprint density at radius 1 is 1.30 bits per heavy atom. The molecule has 1 saturated heterocycles. The van der Waals surface area contributed by atoms with Gasteiger partial charge in [-0.25, -0.2) is 13.1 Å². The van der Waals surface area contributed by atoms with E-state index >= 15 is 0 Å². The minimum Gasteiger partial charge on any atom is -0.306 e. The molecule has 0 unspecified atom stereocenters. The number of hydrogen-bond acceptors (Lipinski definition) is 4. The standard InChI is InChI=1S/C17H24N3O2S/c1-18-23(21,22)10-7-13-3-4-17-15(11-13)16(12-19-17)14-5-8-20(2)9-6-14/h3-4,11-12,14,18H,5-10H2,1-2H3. The van der Waals surface area contributed by atoms with E-state index in [0.29, 0.717) is 12.3 Å². The Morgan fingerprint density at radius 3 is 2.74 bits per heavy atom. The van der Waals surface area contributed by atoms with Crippen LogP contribution in [0.25, 0.3) is 0 Å². The Hall–Kier alpha value is -1.24. The summed E-state index contributed by atoms with van der Waals surface area (Å²) in [6, 6.07) is 0. The predicted molar refractivity (Wildman–Crippen MR) is 93.7 cm³/mol. The molecule has 0 spiro atoms. The van der Waals surface area contributed by atoms with E-state index in [9.17, 15) is 8.42 Å². The van der Waals surface area contributed by atoms with E-state index in [0.717, 1.165) is 37.2 Å². The molecule has 23 heavy (non-hydrogen) atoms. The van der Waals surface area contributed by atoms with E-state index < -0.39 is 10.0 Å². The molecule has 3 rings (SSSR count). The molecule has 1 N–H and O–H groups in total. The Labute approximate surface area is 138 Å². The van der Waals surface area contributed by atoms with E-state index in [1.54, 1.807) is 0 Å². The van der Waals surface area contributed by atoms with Crippen LogP contribution < -0.4 is 4.72 Å². The number of fused-ring (bicyclic) bond motifs is 1. The first kappa shape index (κ1) is 16.6. The largest absolute Gasteiger partial charge is 0.306 e. The third kappa shape index (κ3) is 3.82. The fourth-order valence-corrected chi connectivity index (χ4v) is 4.00. The maximum atomic E-state index is 11.6. The molecule has 0 aromatic rings. The van der Waals surface area contributed by atoms with Gasteiger partial charge in [-0.1, -0.05) is 11.6 Å². The van der Waals surface area contributed by atoms with E-state index in [4.69, 9.17) is 0 Å². The SMILES string of the molecule is CNS(=O)(=O)CCC1=CC=C2N=CC(C3CCN(C)CC3)=C2[CH]1. The summed E-state index contributed by atoms with van der Waals surface area (Å²) >= 11 is 0. The van der Waals surface area contributed by atoms with Crippen LogP contribution in [-0.4, -0.2) is 52.5 Å². The normalized spacial score (nSPS) is 23.0. The smallest absolute Gasteiger partial charge is 0.211 e. The van der Waals surface area contributed by atoms with Gasteiger partial charge in [0.25, 0.3) is 0 Å². The quantitative estimate of drug-likeness (QED) is 0.832. The number of rotatable bonds is 5. The van der Waals surface area contributed by atoms with E-state index in [2.05, 4.69) is 28.1 Å². The Kier molecular flexibility index (Phi) is 4.85. The summed E-state index contributed by atoms with van der Waals surface area (Å²) in [4.78, 5) is 6.90. The zero-order chi connectivity index (χ0) is 16.4. The Bertz CT molecular complexity index is 693. The highest BCUT2D eigenvalue weighted by molar-refractivity contribution is 7.89. The van der Waals surface area contributed by atoms with E-state index in [1.807, 2.05) is 18.4 Å². The van der Waals surface area contributed by atoms with Crippen molar-refractivity contribution in [3.8, 4) is 0 Å². The molecule has 0 amide bonds. The molecule has 1 radical (unpaired) electrons. The first-order valence-electron chi connectivity index (χ1n) is 8.12. The Balaban J connectivity index is 1.71. The van der Waals surface area contributed by atoms with Crippen molar-refractivity contribution < 1.29 is 8.42 Å². The average Bonchev–Trinajstić information content (AvgIpc) is 2.97. The number of aliphatic imine (C=N–C) groups is 1. The summed E-state index contributed by atoms with van der Waals surface area (Å²) in [5.74, 6) is 0.680. The summed E-state index contributed by atoms with van der Waals surface area (Å²) in [5.41, 5.74) is 4.59. The van der Waals surface area contributed by atoms with Crippen LogP contribution in [0.5, 0.6) is 0 Å². The number of hydrogen-bond donors (Lipinski definition) is 1. The molecule has 2 aliphatic heterocycles. The second-order valence-electron chi connectivity index (χ2n) is 6.42. The van der Waals surface area contributed by atoms with Gasteiger partial charge in [0.1, 0.15) is 0 Å². The highest BCUT2D eigenvalue weighted by atomic mass is 32.2. The summed E-state index contributed by atoms with van der Waals surface area (Å²) in [5, 5.41) is 0. The molecule has 5 nitrogen and oxygen atoms in total. The molecule has 2 heterocycles. The lowest BCUT2D eigenvalue weighted by molar-refractivity contribution is 0.241. The van der Waals surface area contributed by atoms with Crippen LogP contribution in [0.2, 0.25) is 0 Å². The van der Waals surface area contributed by atoms with Crippen molar-refractivity contribution in [2.75, 3.05) is 32.9 Å². The van der Waals surface area contributed by atoms with Crippen molar-refractivity contribution in [2.45, 2.75) is 19.3 Å². The molecule has 0 atom stereocenters. The van der Waals surface area contributed by atoms with Crippen molar-refractivity contribution in [2.24, 2.45) is 10.9 Å². The molecule has 125 valence electrons. The number of allylic oxidation sites excluding steroid dienone is 5. The first-order valence-corrected chi connectivity index (χ1v) is 9.78. The third-order valence-electron chi connectivity index (χ3n) is 4.84. The molecule has 1 fully saturated rings. The van der Waals surface area contributed by atoms with Crippen LogP contribution in [0.15, 0.2) is 39.6 Å². The zero-order valence-electron chi connectivity index (χ0n) is 13.7. The molecule has 0 aromatic heterocycles. The molecule has 6 heteroatoms. The minimum atomic E-state index is -3.17. The van der Waals surface area contributed by atoms with Crippen LogP contribution in [0, 0.1) is 12.3 Å². The van der Waals surface area contributed by atoms with Crippen LogP contribution in [-0.2, 0) is 10.0 Å². The number of likely N-dealkylation sites (tertiary alicyclic amines) is 1. The average molecular weight is 334 g/mol. The molecule has 0 bridgehead atoms. The van der Waals surface area contributed by atoms with Crippen molar-refractivity contribution in [1.82, 2.24) is 9.62 Å². The molecular formula is C17H24N3O2S. The van der Waals surface area contributed by atoms with Gasteiger partial charge >= 0.3 is 0 Å². The minimum absolute atomic E-state index is 0.118.